The van der Waals surface area contributed by atoms with E-state index < -0.39 is 0 Å². The molecule has 4 rings (SSSR count). The van der Waals surface area contributed by atoms with Gasteiger partial charge < -0.3 is 4.74 Å². The Morgan fingerprint density at radius 2 is 1.71 bits per heavy atom. The summed E-state index contributed by atoms with van der Waals surface area (Å²) in [4.78, 5) is 13.7. The van der Waals surface area contributed by atoms with E-state index in [0.717, 1.165) is 16.7 Å². The first kappa shape index (κ1) is 20.1. The number of rotatable bonds is 5. The predicted molar refractivity (Wildman–Crippen MR) is 121 cm³/mol. The highest BCUT2D eigenvalue weighted by atomic mass is 16.5. The molecule has 0 radical (unpaired) electrons. The third kappa shape index (κ3) is 3.96. The summed E-state index contributed by atoms with van der Waals surface area (Å²) in [5.41, 5.74) is 4.09. The molecule has 0 aliphatic carbocycles. The van der Waals surface area contributed by atoms with Crippen LogP contribution < -0.4 is 10.3 Å². The Hall–Kier alpha value is -4.17. The van der Waals surface area contributed by atoms with Crippen LogP contribution in [0.5, 0.6) is 5.75 Å². The molecule has 0 saturated heterocycles. The number of hydrogen-bond acceptors (Lipinski definition) is 4. The van der Waals surface area contributed by atoms with Crippen molar-refractivity contribution in [1.29, 1.82) is 5.26 Å². The topological polar surface area (TPSA) is 67.9 Å². The van der Waals surface area contributed by atoms with Crippen molar-refractivity contribution in [3.05, 3.63) is 107 Å². The zero-order valence-corrected chi connectivity index (χ0v) is 17.3. The third-order valence-corrected chi connectivity index (χ3v) is 5.33. The van der Waals surface area contributed by atoms with Gasteiger partial charge in [0.05, 0.1) is 36.5 Å². The van der Waals surface area contributed by atoms with E-state index in [1.807, 2.05) is 73.7 Å². The number of nitrogens with zero attached hydrogens (tertiary/aromatic N) is 3. The second-order valence-corrected chi connectivity index (χ2v) is 7.19. The predicted octanol–water partition coefficient (Wildman–Crippen LogP) is 5.07. The lowest BCUT2D eigenvalue weighted by atomic mass is 9.96. The number of nitriles is 1. The van der Waals surface area contributed by atoms with Crippen molar-refractivity contribution >= 4 is 0 Å². The molecule has 0 aliphatic rings. The van der Waals surface area contributed by atoms with Gasteiger partial charge in [-0.15, -0.1) is 0 Å². The van der Waals surface area contributed by atoms with Crippen LogP contribution in [-0.4, -0.2) is 16.9 Å². The second-order valence-electron chi connectivity index (χ2n) is 7.19. The third-order valence-electron chi connectivity index (χ3n) is 5.33. The Morgan fingerprint density at radius 3 is 2.39 bits per heavy atom. The summed E-state index contributed by atoms with van der Waals surface area (Å²) in [6.07, 6.45) is 1.71. The van der Waals surface area contributed by atoms with Gasteiger partial charge in [-0.2, -0.15) is 10.4 Å². The molecular formula is C26H21N3O2. The van der Waals surface area contributed by atoms with E-state index >= 15 is 0 Å². The fraction of sp³-hybridized carbons (Fsp3) is 0.115. The van der Waals surface area contributed by atoms with Crippen molar-refractivity contribution in [2.75, 3.05) is 7.11 Å². The van der Waals surface area contributed by atoms with Crippen molar-refractivity contribution in [3.8, 4) is 34.1 Å². The number of ether oxygens (including phenoxy) is 1. The lowest BCUT2D eigenvalue weighted by molar-refractivity contribution is 0.415. The molecule has 0 amide bonds. The van der Waals surface area contributed by atoms with E-state index in [4.69, 9.17) is 4.74 Å². The van der Waals surface area contributed by atoms with Crippen LogP contribution in [-0.2, 0) is 0 Å². The molecule has 31 heavy (non-hydrogen) atoms. The molecule has 0 saturated carbocycles. The van der Waals surface area contributed by atoms with Crippen molar-refractivity contribution < 1.29 is 4.74 Å². The molecule has 0 fully saturated rings. The fourth-order valence-corrected chi connectivity index (χ4v) is 3.63. The fourth-order valence-electron chi connectivity index (χ4n) is 3.63. The minimum absolute atomic E-state index is 0.193. The monoisotopic (exact) mass is 407 g/mol. The average Bonchev–Trinajstić information content (AvgIpc) is 2.84. The first-order chi connectivity index (χ1) is 15.1. The molecule has 5 nitrogen and oxygen atoms in total. The minimum Gasteiger partial charge on any atom is -0.497 e. The average molecular weight is 407 g/mol. The Kier molecular flexibility index (Phi) is 5.63. The number of benzene rings is 3. The Labute approximate surface area is 180 Å². The summed E-state index contributed by atoms with van der Waals surface area (Å²) >= 11 is 0. The zero-order chi connectivity index (χ0) is 21.8. The number of hydrogen-bond donors (Lipinski definition) is 0. The lowest BCUT2D eigenvalue weighted by Gasteiger charge is -2.18. The highest BCUT2D eigenvalue weighted by Crippen LogP contribution is 2.31. The Morgan fingerprint density at radius 1 is 0.968 bits per heavy atom. The van der Waals surface area contributed by atoms with Crippen LogP contribution in [0.15, 0.2) is 89.9 Å². The van der Waals surface area contributed by atoms with Crippen LogP contribution in [0.2, 0.25) is 0 Å². The van der Waals surface area contributed by atoms with Crippen LogP contribution in [0.4, 0.5) is 0 Å². The molecule has 1 aromatic heterocycles. The van der Waals surface area contributed by atoms with Gasteiger partial charge in [-0.3, -0.25) is 4.79 Å². The van der Waals surface area contributed by atoms with Crippen LogP contribution in [0.3, 0.4) is 0 Å². The van der Waals surface area contributed by atoms with Crippen molar-refractivity contribution in [2.45, 2.75) is 13.0 Å². The van der Waals surface area contributed by atoms with E-state index in [1.165, 1.54) is 4.68 Å². The molecule has 152 valence electrons. The first-order valence-electron chi connectivity index (χ1n) is 9.94. The van der Waals surface area contributed by atoms with Gasteiger partial charge >= 0.3 is 0 Å². The summed E-state index contributed by atoms with van der Waals surface area (Å²) in [6.45, 7) is 1.96. The summed E-state index contributed by atoms with van der Waals surface area (Å²) in [6, 6.07) is 26.3. The van der Waals surface area contributed by atoms with Gasteiger partial charge in [-0.05, 0) is 47.9 Å². The highest BCUT2D eigenvalue weighted by molar-refractivity contribution is 5.82. The summed E-state index contributed by atoms with van der Waals surface area (Å²) in [5.74, 6) is 0.712. The van der Waals surface area contributed by atoms with Crippen molar-refractivity contribution in [3.63, 3.8) is 0 Å². The lowest BCUT2D eigenvalue weighted by Crippen LogP contribution is -2.28. The maximum absolute atomic E-state index is 13.7. The molecule has 1 atom stereocenters. The number of aromatic nitrogens is 2. The van der Waals surface area contributed by atoms with Crippen molar-refractivity contribution in [2.24, 2.45) is 0 Å². The zero-order valence-electron chi connectivity index (χ0n) is 17.3. The molecule has 0 spiro atoms. The molecule has 0 N–H and O–H groups in total. The largest absolute Gasteiger partial charge is 0.497 e. The maximum atomic E-state index is 13.7. The van der Waals surface area contributed by atoms with Gasteiger partial charge in [0, 0.05) is 5.56 Å². The van der Waals surface area contributed by atoms with Gasteiger partial charge in [0.15, 0.2) is 0 Å². The molecular weight excluding hydrogens is 386 g/mol. The quantitative estimate of drug-likeness (QED) is 0.463. The molecule has 1 unspecified atom stereocenters. The SMILES string of the molecule is COc1ccc(-c2c(-c3cccc(C#N)c3)cnn(C(C)c3ccccc3)c2=O)cc1. The van der Waals surface area contributed by atoms with E-state index in [2.05, 4.69) is 11.2 Å². The van der Waals surface area contributed by atoms with Gasteiger partial charge in [-0.25, -0.2) is 4.68 Å². The van der Waals surface area contributed by atoms with E-state index in [1.54, 1.807) is 25.4 Å². The van der Waals surface area contributed by atoms with Crippen LogP contribution in [0.1, 0.15) is 24.1 Å². The molecule has 5 heteroatoms. The van der Waals surface area contributed by atoms with E-state index in [9.17, 15) is 10.1 Å². The summed E-state index contributed by atoms with van der Waals surface area (Å²) < 4.78 is 6.78. The van der Waals surface area contributed by atoms with Crippen LogP contribution >= 0.6 is 0 Å². The van der Waals surface area contributed by atoms with Gasteiger partial charge in [-0.1, -0.05) is 54.6 Å². The summed E-state index contributed by atoms with van der Waals surface area (Å²) in [7, 11) is 1.61. The van der Waals surface area contributed by atoms with E-state index in [-0.39, 0.29) is 11.6 Å². The molecule has 4 aromatic rings. The van der Waals surface area contributed by atoms with Crippen molar-refractivity contribution in [1.82, 2.24) is 9.78 Å². The number of methoxy groups -OCH3 is 1. The first-order valence-corrected chi connectivity index (χ1v) is 9.94. The normalized spacial score (nSPS) is 11.5. The Bertz CT molecular complexity index is 1300. The standard InChI is InChI=1S/C26H21N3O2/c1-18(20-8-4-3-5-9-20)29-26(30)25(21-11-13-23(31-2)14-12-21)24(17-28-29)22-10-6-7-19(15-22)16-27/h3-15,17-18H,1-2H3. The highest BCUT2D eigenvalue weighted by Gasteiger charge is 2.19. The molecule has 3 aromatic carbocycles. The van der Waals surface area contributed by atoms with Gasteiger partial charge in [0.1, 0.15) is 5.75 Å². The second kappa shape index (κ2) is 8.68. The van der Waals surface area contributed by atoms with Crippen LogP contribution in [0.25, 0.3) is 22.3 Å². The minimum atomic E-state index is -0.231. The van der Waals surface area contributed by atoms with Gasteiger partial charge in [0.2, 0.25) is 0 Å². The molecule has 1 heterocycles. The van der Waals surface area contributed by atoms with Gasteiger partial charge in [0.25, 0.3) is 5.56 Å². The van der Waals surface area contributed by atoms with Crippen LogP contribution in [0, 0.1) is 11.3 Å². The summed E-state index contributed by atoms with van der Waals surface area (Å²) in [5, 5.41) is 13.8. The molecule has 0 bridgehead atoms. The molecule has 0 aliphatic heterocycles. The van der Waals surface area contributed by atoms with E-state index in [0.29, 0.717) is 22.4 Å². The Balaban J connectivity index is 1.94. The maximum Gasteiger partial charge on any atom is 0.275 e. The smallest absolute Gasteiger partial charge is 0.275 e.